The highest BCUT2D eigenvalue weighted by molar-refractivity contribution is 5.94. The van der Waals surface area contributed by atoms with E-state index in [1.807, 2.05) is 0 Å². The number of rotatable bonds is 16. The highest BCUT2D eigenvalue weighted by Gasteiger charge is 2.37. The average molecular weight is 552 g/mol. The minimum absolute atomic E-state index is 0.0440. The van der Waals surface area contributed by atoms with E-state index >= 15 is 0 Å². The molecule has 212 valence electrons. The van der Waals surface area contributed by atoms with Crippen LogP contribution in [0, 0.1) is 0 Å². The number of aromatic nitrogens is 3. The molecule has 0 spiro atoms. The Balaban J connectivity index is 1.94. The highest BCUT2D eigenvalue weighted by Crippen LogP contribution is 2.25. The van der Waals surface area contributed by atoms with Gasteiger partial charge in [-0.2, -0.15) is 0 Å². The molecule has 0 radical (unpaired) electrons. The molecule has 2 unspecified atom stereocenters. The molecule has 2 atom stereocenters. The van der Waals surface area contributed by atoms with Crippen molar-refractivity contribution in [3.8, 4) is 11.3 Å². The predicted molar refractivity (Wildman–Crippen MR) is 133 cm³/mol. The number of carbonyl (C=O) groups is 5. The van der Waals surface area contributed by atoms with Gasteiger partial charge >= 0.3 is 30.0 Å². The first-order valence-electron chi connectivity index (χ1n) is 11.9. The fourth-order valence-electron chi connectivity index (χ4n) is 3.81. The Bertz CT molecular complexity index is 1170. The van der Waals surface area contributed by atoms with Gasteiger partial charge in [0.05, 0.1) is 18.4 Å². The molecule has 39 heavy (non-hydrogen) atoms. The number of nitrogens with one attached hydrogen (secondary N) is 2. The molecule has 0 fully saturated rings. The molecular weight excluding hydrogens is 521 g/mol. The van der Waals surface area contributed by atoms with Gasteiger partial charge in [0.25, 0.3) is 0 Å². The number of hydrogen-bond donors (Lipinski definition) is 6. The van der Waals surface area contributed by atoms with E-state index in [2.05, 4.69) is 20.9 Å². The summed E-state index contributed by atoms with van der Waals surface area (Å²) in [5.74, 6) is -4.39. The van der Waals surface area contributed by atoms with E-state index < -0.39 is 61.6 Å². The van der Waals surface area contributed by atoms with E-state index in [9.17, 15) is 38.6 Å². The van der Waals surface area contributed by atoms with Crippen molar-refractivity contribution in [2.45, 2.75) is 50.7 Å². The van der Waals surface area contributed by atoms with Gasteiger partial charge in [0, 0.05) is 18.5 Å². The molecule has 1 heterocycles. The number of anilines is 1. The number of carboxylic acids is 3. The molecule has 0 saturated carbocycles. The second-order valence-corrected chi connectivity index (χ2v) is 8.36. The van der Waals surface area contributed by atoms with Crippen LogP contribution in [0.15, 0.2) is 30.5 Å². The minimum atomic E-state index is -1.73. The van der Waals surface area contributed by atoms with Crippen LogP contribution in [0.25, 0.3) is 11.3 Å². The summed E-state index contributed by atoms with van der Waals surface area (Å²) in [5.41, 5.74) is 6.67. The smallest absolute Gasteiger partial charge is 0.326 e. The summed E-state index contributed by atoms with van der Waals surface area (Å²) in [5, 5.41) is 41.0. The largest absolute Gasteiger partial charge is 0.481 e. The second-order valence-electron chi connectivity index (χ2n) is 8.36. The van der Waals surface area contributed by atoms with Crippen LogP contribution in [0.2, 0.25) is 0 Å². The van der Waals surface area contributed by atoms with Gasteiger partial charge < -0.3 is 31.7 Å². The van der Waals surface area contributed by atoms with Gasteiger partial charge in [-0.15, -0.1) is 5.10 Å². The Morgan fingerprint density at radius 2 is 1.69 bits per heavy atom. The van der Waals surface area contributed by atoms with Crippen LogP contribution in [0.4, 0.5) is 19.7 Å². The zero-order valence-corrected chi connectivity index (χ0v) is 20.8. The Labute approximate surface area is 221 Å². The molecule has 0 aliphatic carbocycles. The number of aliphatic carboxylic acids is 3. The van der Waals surface area contributed by atoms with E-state index in [0.717, 1.165) is 0 Å². The molecule has 0 saturated heterocycles. The van der Waals surface area contributed by atoms with Crippen molar-refractivity contribution in [1.82, 2.24) is 25.2 Å². The van der Waals surface area contributed by atoms with E-state index in [1.165, 1.54) is 4.68 Å². The zero-order valence-electron chi connectivity index (χ0n) is 20.8. The quantitative estimate of drug-likeness (QED) is 0.164. The summed E-state index contributed by atoms with van der Waals surface area (Å²) in [4.78, 5) is 59.1. The molecule has 16 heteroatoms. The highest BCUT2D eigenvalue weighted by atomic mass is 19.1. The summed E-state index contributed by atoms with van der Waals surface area (Å²) in [6.45, 7) is -0.447. The monoisotopic (exact) mass is 551 g/mol. The number of nitrogens with two attached hydrogens (primary N) is 1. The molecule has 0 aliphatic heterocycles. The fraction of sp³-hybridized carbons (Fsp3) is 0.435. The van der Waals surface area contributed by atoms with Crippen molar-refractivity contribution in [3.63, 3.8) is 0 Å². The summed E-state index contributed by atoms with van der Waals surface area (Å²) >= 11 is 0. The van der Waals surface area contributed by atoms with E-state index in [-0.39, 0.29) is 32.4 Å². The number of alkyl halides is 1. The van der Waals surface area contributed by atoms with Crippen LogP contribution in [0.3, 0.4) is 0 Å². The lowest BCUT2D eigenvalue weighted by Gasteiger charge is -2.32. The van der Waals surface area contributed by atoms with E-state index in [4.69, 9.17) is 10.8 Å². The molecule has 0 aliphatic rings. The lowest BCUT2D eigenvalue weighted by molar-refractivity contribution is -0.149. The minimum Gasteiger partial charge on any atom is -0.481 e. The van der Waals surface area contributed by atoms with Crippen LogP contribution >= 0.6 is 0 Å². The molecule has 15 nitrogen and oxygen atoms in total. The number of primary amides is 1. The lowest BCUT2D eigenvalue weighted by Crippen LogP contribution is -2.55. The molecule has 7 N–H and O–H groups in total. The van der Waals surface area contributed by atoms with Crippen molar-refractivity contribution in [2.24, 2.45) is 5.73 Å². The number of benzene rings is 1. The van der Waals surface area contributed by atoms with Crippen molar-refractivity contribution in [3.05, 3.63) is 30.5 Å². The molecule has 4 amide bonds. The number of urea groups is 2. The number of halogens is 1. The van der Waals surface area contributed by atoms with Gasteiger partial charge in [-0.1, -0.05) is 23.4 Å². The van der Waals surface area contributed by atoms with E-state index in [0.29, 0.717) is 21.8 Å². The lowest BCUT2D eigenvalue weighted by atomic mass is 10.0. The third-order valence-corrected chi connectivity index (χ3v) is 5.62. The summed E-state index contributed by atoms with van der Waals surface area (Å²) in [6.07, 6.45) is 0.674. The molecule has 2 aromatic rings. The van der Waals surface area contributed by atoms with Crippen LogP contribution in [0.1, 0.15) is 32.1 Å². The van der Waals surface area contributed by atoms with E-state index in [1.54, 1.807) is 30.5 Å². The summed E-state index contributed by atoms with van der Waals surface area (Å²) in [6, 6.07) is 1.57. The second kappa shape index (κ2) is 14.8. The number of carboxylic acid groups (broad SMARTS) is 3. The number of carbonyl (C=O) groups excluding carboxylic acids is 2. The van der Waals surface area contributed by atoms with Crippen LogP contribution in [-0.2, 0) is 20.9 Å². The van der Waals surface area contributed by atoms with Crippen LogP contribution < -0.4 is 16.4 Å². The van der Waals surface area contributed by atoms with Crippen molar-refractivity contribution in [1.29, 1.82) is 0 Å². The Morgan fingerprint density at radius 3 is 2.31 bits per heavy atom. The molecule has 1 aromatic heterocycles. The maximum Gasteiger partial charge on any atom is 0.326 e. The average Bonchev–Trinajstić information content (AvgIpc) is 3.33. The Morgan fingerprint density at radius 1 is 1.03 bits per heavy atom. The fourth-order valence-corrected chi connectivity index (χ4v) is 3.81. The first-order valence-corrected chi connectivity index (χ1v) is 11.9. The van der Waals surface area contributed by atoms with Gasteiger partial charge in [-0.25, -0.2) is 28.3 Å². The first kappa shape index (κ1) is 30.5. The normalized spacial score (nSPS) is 12.2. The van der Waals surface area contributed by atoms with Gasteiger partial charge in [0.15, 0.2) is 0 Å². The molecule has 0 bridgehead atoms. The topological polar surface area (TPSA) is 230 Å². The maximum absolute atomic E-state index is 12.5. The third kappa shape index (κ3) is 9.24. The zero-order chi connectivity index (χ0) is 28.9. The van der Waals surface area contributed by atoms with Crippen LogP contribution in [-0.4, -0.2) is 90.5 Å². The van der Waals surface area contributed by atoms with Crippen molar-refractivity contribution in [2.75, 3.05) is 18.5 Å². The number of unbranched alkanes of at least 4 members (excludes halogenated alkanes) is 1. The molecular formula is C23H30FN7O8. The summed E-state index contributed by atoms with van der Waals surface area (Å²) < 4.78 is 13.9. The van der Waals surface area contributed by atoms with Crippen molar-refractivity contribution >= 4 is 35.7 Å². The maximum atomic E-state index is 12.5. The van der Waals surface area contributed by atoms with Gasteiger partial charge in [0.2, 0.25) is 0 Å². The number of aryl methyl sites for hydroxylation is 1. The number of hydrogen-bond acceptors (Lipinski definition) is 7. The SMILES string of the molecule is NC(=O)N(C(CCCCNC(=O)Nc1ccccc1-c1cn(CCF)nn1)C(=O)O)C(CCC(=O)O)C(=O)O. The molecule has 2 rings (SSSR count). The number of amides is 4. The first-order chi connectivity index (χ1) is 18.5. The van der Waals surface area contributed by atoms with Crippen molar-refractivity contribution < 1.29 is 43.7 Å². The van der Waals surface area contributed by atoms with Gasteiger partial charge in [0.1, 0.15) is 24.5 Å². The summed E-state index contributed by atoms with van der Waals surface area (Å²) in [7, 11) is 0. The standard InChI is InChI=1S/C23H30FN7O8/c24-10-12-30-13-16(28-29-30)14-5-1-2-6-15(14)27-23(39)26-11-4-3-7-17(20(34)35)31(22(25)38)18(21(36)37)8-9-19(32)33/h1-2,5-6,13,17-18H,3-4,7-12H2,(H2,25,38)(H,32,33)(H,34,35)(H,36,37)(H2,26,27,39). The number of nitrogens with zero attached hydrogens (tertiary/aromatic N) is 4. The molecule has 1 aromatic carbocycles. The number of para-hydroxylation sites is 1. The third-order valence-electron chi connectivity index (χ3n) is 5.62. The Kier molecular flexibility index (Phi) is 11.6. The Hall–Kier alpha value is -4.76. The van der Waals surface area contributed by atoms with Gasteiger partial charge in [-0.05, 0) is 31.7 Å². The van der Waals surface area contributed by atoms with Gasteiger partial charge in [-0.3, -0.25) is 9.69 Å². The predicted octanol–water partition coefficient (Wildman–Crippen LogP) is 1.36. The van der Waals surface area contributed by atoms with Crippen LogP contribution in [0.5, 0.6) is 0 Å².